The van der Waals surface area contributed by atoms with Crippen molar-refractivity contribution < 1.29 is 14.3 Å². The highest BCUT2D eigenvalue weighted by molar-refractivity contribution is 7.15. The molecule has 0 atom stereocenters. The van der Waals surface area contributed by atoms with E-state index in [1.165, 1.54) is 17.4 Å². The Morgan fingerprint density at radius 2 is 1.96 bits per heavy atom. The van der Waals surface area contributed by atoms with Gasteiger partial charge in [-0.3, -0.25) is 10.1 Å². The number of hydrogen-bond acceptors (Lipinski definition) is 6. The molecule has 2 rings (SSSR count). The minimum Gasteiger partial charge on any atom is -0.493 e. The Labute approximate surface area is 151 Å². The van der Waals surface area contributed by atoms with Gasteiger partial charge in [-0.25, -0.2) is 0 Å². The number of benzene rings is 1. The van der Waals surface area contributed by atoms with Crippen LogP contribution in [-0.4, -0.2) is 29.3 Å². The zero-order valence-electron chi connectivity index (χ0n) is 15.1. The van der Waals surface area contributed by atoms with Gasteiger partial charge in [0.05, 0.1) is 13.2 Å². The maximum Gasteiger partial charge on any atom is 0.250 e. The molecule has 6 nitrogen and oxygen atoms in total. The zero-order chi connectivity index (χ0) is 18.4. The Kier molecular flexibility index (Phi) is 6.52. The van der Waals surface area contributed by atoms with E-state index in [1.54, 1.807) is 13.2 Å². The van der Waals surface area contributed by atoms with Gasteiger partial charge in [-0.2, -0.15) is 0 Å². The lowest BCUT2D eigenvalue weighted by Crippen LogP contribution is -2.07. The number of carbonyl (C=O) groups excluding carboxylic acids is 1. The molecule has 1 N–H and O–H groups in total. The van der Waals surface area contributed by atoms with Crippen LogP contribution in [0.25, 0.3) is 6.08 Å². The summed E-state index contributed by atoms with van der Waals surface area (Å²) in [7, 11) is 1.59. The van der Waals surface area contributed by atoms with Gasteiger partial charge >= 0.3 is 0 Å². The summed E-state index contributed by atoms with van der Waals surface area (Å²) < 4.78 is 11.0. The molecule has 0 saturated carbocycles. The summed E-state index contributed by atoms with van der Waals surface area (Å²) >= 11 is 1.38. The van der Waals surface area contributed by atoms with Gasteiger partial charge in [0.15, 0.2) is 11.5 Å². The van der Waals surface area contributed by atoms with Crippen molar-refractivity contribution in [1.82, 2.24) is 10.2 Å². The van der Waals surface area contributed by atoms with Crippen LogP contribution in [0.15, 0.2) is 24.3 Å². The Morgan fingerprint density at radius 1 is 1.20 bits per heavy atom. The molecule has 1 amide bonds. The highest BCUT2D eigenvalue weighted by Crippen LogP contribution is 2.29. The second-order valence-corrected chi connectivity index (χ2v) is 7.01. The number of anilines is 1. The fraction of sp³-hybridized carbons (Fsp3) is 0.389. The number of nitrogens with zero attached hydrogens (tertiary/aromatic N) is 2. The van der Waals surface area contributed by atoms with Gasteiger partial charge in [0.1, 0.15) is 5.01 Å². The molecule has 0 saturated heterocycles. The molecule has 0 aliphatic heterocycles. The zero-order valence-corrected chi connectivity index (χ0v) is 15.9. The molecule has 0 fully saturated rings. The first kappa shape index (κ1) is 18.9. The first-order chi connectivity index (χ1) is 11.9. The summed E-state index contributed by atoms with van der Waals surface area (Å²) in [5, 5.41) is 12.1. The average Bonchev–Trinajstić information content (AvgIpc) is 3.02. The van der Waals surface area contributed by atoms with E-state index in [-0.39, 0.29) is 17.9 Å². The predicted octanol–water partition coefficient (Wildman–Crippen LogP) is 4.11. The standard InChI is InChI=1S/C18H23N3O3S/c1-11(2)17-20-21-18(25-17)19-16(22)9-7-13-6-8-14(24-12(3)4)15(10-13)23-5/h6-12H,1-5H3,(H,19,21,22)/b9-7+. The summed E-state index contributed by atoms with van der Waals surface area (Å²) in [5.74, 6) is 1.33. The van der Waals surface area contributed by atoms with E-state index in [0.29, 0.717) is 16.6 Å². The lowest BCUT2D eigenvalue weighted by molar-refractivity contribution is -0.111. The van der Waals surface area contributed by atoms with Crippen molar-refractivity contribution in [3.63, 3.8) is 0 Å². The monoisotopic (exact) mass is 361 g/mol. The second-order valence-electron chi connectivity index (χ2n) is 6.00. The van der Waals surface area contributed by atoms with E-state index in [0.717, 1.165) is 10.6 Å². The highest BCUT2D eigenvalue weighted by atomic mass is 32.1. The quantitative estimate of drug-likeness (QED) is 0.751. The third kappa shape index (κ3) is 5.56. The van der Waals surface area contributed by atoms with Crippen molar-refractivity contribution in [1.29, 1.82) is 0 Å². The number of carbonyl (C=O) groups is 1. The first-order valence-electron chi connectivity index (χ1n) is 8.06. The van der Waals surface area contributed by atoms with Crippen molar-refractivity contribution >= 4 is 28.5 Å². The van der Waals surface area contributed by atoms with Crippen molar-refractivity contribution in [3.8, 4) is 11.5 Å². The summed E-state index contributed by atoms with van der Waals surface area (Å²) in [6, 6.07) is 5.52. The Hall–Kier alpha value is -2.41. The molecule has 1 aromatic carbocycles. The van der Waals surface area contributed by atoms with Crippen LogP contribution in [0.4, 0.5) is 5.13 Å². The SMILES string of the molecule is COc1cc(/C=C/C(=O)Nc2nnc(C(C)C)s2)ccc1OC(C)C. The fourth-order valence-corrected chi connectivity index (χ4v) is 2.73. The second kappa shape index (κ2) is 8.62. The van der Waals surface area contributed by atoms with Gasteiger partial charge in [0.2, 0.25) is 11.0 Å². The van der Waals surface area contributed by atoms with Gasteiger partial charge < -0.3 is 9.47 Å². The van der Waals surface area contributed by atoms with Crippen molar-refractivity contribution in [2.75, 3.05) is 12.4 Å². The summed E-state index contributed by atoms with van der Waals surface area (Å²) in [6.07, 6.45) is 3.22. The van der Waals surface area contributed by atoms with Gasteiger partial charge in [-0.05, 0) is 37.6 Å². The van der Waals surface area contributed by atoms with Crippen LogP contribution in [0.2, 0.25) is 0 Å². The molecular formula is C18H23N3O3S. The lowest BCUT2D eigenvalue weighted by Gasteiger charge is -2.13. The molecule has 2 aromatic rings. The van der Waals surface area contributed by atoms with Gasteiger partial charge in [0, 0.05) is 12.0 Å². The molecule has 25 heavy (non-hydrogen) atoms. The van der Waals surface area contributed by atoms with Crippen LogP contribution in [0.5, 0.6) is 11.5 Å². The summed E-state index contributed by atoms with van der Waals surface area (Å²) in [6.45, 7) is 7.98. The molecule has 0 unspecified atom stereocenters. The van der Waals surface area contributed by atoms with Crippen LogP contribution in [-0.2, 0) is 4.79 Å². The Bertz CT molecular complexity index is 754. The first-order valence-corrected chi connectivity index (χ1v) is 8.88. The Morgan fingerprint density at radius 3 is 2.56 bits per heavy atom. The smallest absolute Gasteiger partial charge is 0.250 e. The maximum absolute atomic E-state index is 12.0. The molecule has 0 radical (unpaired) electrons. The number of aromatic nitrogens is 2. The topological polar surface area (TPSA) is 73.3 Å². The largest absolute Gasteiger partial charge is 0.493 e. The van der Waals surface area contributed by atoms with Gasteiger partial charge in [-0.1, -0.05) is 31.3 Å². The van der Waals surface area contributed by atoms with E-state index in [4.69, 9.17) is 9.47 Å². The van der Waals surface area contributed by atoms with Crippen molar-refractivity contribution in [3.05, 3.63) is 34.8 Å². The average molecular weight is 361 g/mol. The fourth-order valence-electron chi connectivity index (χ4n) is 1.98. The molecular weight excluding hydrogens is 338 g/mol. The molecule has 0 bridgehead atoms. The van der Waals surface area contributed by atoms with Crippen LogP contribution in [0, 0.1) is 0 Å². The maximum atomic E-state index is 12.0. The van der Waals surface area contributed by atoms with E-state index in [2.05, 4.69) is 15.5 Å². The van der Waals surface area contributed by atoms with Gasteiger partial charge in [0.25, 0.3) is 0 Å². The van der Waals surface area contributed by atoms with Crippen molar-refractivity contribution in [2.24, 2.45) is 0 Å². The molecule has 134 valence electrons. The van der Waals surface area contributed by atoms with E-state index in [1.807, 2.05) is 45.9 Å². The van der Waals surface area contributed by atoms with Crippen LogP contribution >= 0.6 is 11.3 Å². The molecule has 0 aliphatic carbocycles. The number of ether oxygens (including phenoxy) is 2. The third-order valence-corrected chi connectivity index (χ3v) is 4.28. The minimum absolute atomic E-state index is 0.0590. The predicted molar refractivity (Wildman–Crippen MR) is 100 cm³/mol. The molecule has 0 aliphatic rings. The highest BCUT2D eigenvalue weighted by Gasteiger charge is 2.09. The minimum atomic E-state index is -0.257. The number of nitrogens with one attached hydrogen (secondary N) is 1. The normalized spacial score (nSPS) is 11.3. The van der Waals surface area contributed by atoms with Crippen molar-refractivity contribution in [2.45, 2.75) is 39.7 Å². The summed E-state index contributed by atoms with van der Waals surface area (Å²) in [4.78, 5) is 12.0. The number of hydrogen-bond donors (Lipinski definition) is 1. The lowest BCUT2D eigenvalue weighted by atomic mass is 10.2. The van der Waals surface area contributed by atoms with Crippen LogP contribution in [0.3, 0.4) is 0 Å². The van der Waals surface area contributed by atoms with E-state index >= 15 is 0 Å². The number of amides is 1. The number of rotatable bonds is 7. The molecule has 1 aromatic heterocycles. The molecule has 1 heterocycles. The third-order valence-electron chi connectivity index (χ3n) is 3.14. The molecule has 0 spiro atoms. The van der Waals surface area contributed by atoms with Crippen LogP contribution < -0.4 is 14.8 Å². The summed E-state index contributed by atoms with van der Waals surface area (Å²) in [5.41, 5.74) is 0.836. The van der Waals surface area contributed by atoms with Gasteiger partial charge in [-0.15, -0.1) is 10.2 Å². The van der Waals surface area contributed by atoms with Crippen LogP contribution in [0.1, 0.15) is 44.2 Å². The Balaban J connectivity index is 2.03. The van der Waals surface area contributed by atoms with E-state index in [9.17, 15) is 4.79 Å². The molecule has 7 heteroatoms. The van der Waals surface area contributed by atoms with E-state index < -0.39 is 0 Å². The number of methoxy groups -OCH3 is 1.